The highest BCUT2D eigenvalue weighted by atomic mass is 16.2. The molecule has 2 fully saturated rings. The Labute approximate surface area is 159 Å². The summed E-state index contributed by atoms with van der Waals surface area (Å²) < 4.78 is 0. The molecule has 0 aromatic heterocycles. The summed E-state index contributed by atoms with van der Waals surface area (Å²) in [6.07, 6.45) is 6.43. The number of hydrogen-bond donors (Lipinski definition) is 1. The van der Waals surface area contributed by atoms with E-state index in [4.69, 9.17) is 0 Å². The molecule has 1 aromatic rings. The Kier molecular flexibility index (Phi) is 4.66. The molecular formula is C21H27N3O3. The van der Waals surface area contributed by atoms with Gasteiger partial charge in [-0.15, -0.1) is 0 Å². The Morgan fingerprint density at radius 2 is 1.81 bits per heavy atom. The van der Waals surface area contributed by atoms with E-state index in [2.05, 4.69) is 5.32 Å². The SMILES string of the molecule is CC(C(=O)N1CCCCC1)N1C(=O)NC2(CCCCc3ccccc32)C1=O. The minimum atomic E-state index is -1.03. The molecule has 1 aliphatic carbocycles. The largest absolute Gasteiger partial charge is 0.341 e. The second kappa shape index (κ2) is 6.98. The lowest BCUT2D eigenvalue weighted by molar-refractivity contribution is -0.143. The van der Waals surface area contributed by atoms with Gasteiger partial charge >= 0.3 is 6.03 Å². The molecule has 2 unspecified atom stereocenters. The van der Waals surface area contributed by atoms with Crippen LogP contribution in [-0.4, -0.2) is 46.8 Å². The van der Waals surface area contributed by atoms with E-state index in [1.807, 2.05) is 24.3 Å². The number of benzene rings is 1. The van der Waals surface area contributed by atoms with Gasteiger partial charge in [0.25, 0.3) is 5.91 Å². The lowest BCUT2D eigenvalue weighted by Crippen LogP contribution is -2.51. The highest BCUT2D eigenvalue weighted by molar-refractivity contribution is 6.10. The molecule has 2 atom stereocenters. The maximum absolute atomic E-state index is 13.5. The highest BCUT2D eigenvalue weighted by Crippen LogP contribution is 2.39. The van der Waals surface area contributed by atoms with Crippen molar-refractivity contribution in [3.05, 3.63) is 35.4 Å². The summed E-state index contributed by atoms with van der Waals surface area (Å²) in [6.45, 7) is 3.09. The molecule has 144 valence electrons. The van der Waals surface area contributed by atoms with Crippen LogP contribution < -0.4 is 5.32 Å². The maximum Gasteiger partial charge on any atom is 0.326 e. The number of rotatable bonds is 2. The van der Waals surface area contributed by atoms with Crippen LogP contribution in [0.3, 0.4) is 0 Å². The Hall–Kier alpha value is -2.37. The number of aryl methyl sites for hydroxylation is 1. The quantitative estimate of drug-likeness (QED) is 0.815. The van der Waals surface area contributed by atoms with Gasteiger partial charge in [-0.05, 0) is 63.0 Å². The van der Waals surface area contributed by atoms with Crippen LogP contribution in [0.2, 0.25) is 0 Å². The zero-order valence-corrected chi connectivity index (χ0v) is 15.9. The molecule has 4 rings (SSSR count). The van der Waals surface area contributed by atoms with Crippen LogP contribution in [0.1, 0.15) is 56.6 Å². The van der Waals surface area contributed by atoms with Crippen molar-refractivity contribution in [3.8, 4) is 0 Å². The number of piperidine rings is 1. The molecule has 2 heterocycles. The van der Waals surface area contributed by atoms with Crippen LogP contribution in [0.5, 0.6) is 0 Å². The average Bonchev–Trinajstić information content (AvgIpc) is 2.83. The molecule has 0 bridgehead atoms. The van der Waals surface area contributed by atoms with Crippen molar-refractivity contribution in [2.75, 3.05) is 13.1 Å². The van der Waals surface area contributed by atoms with Crippen LogP contribution in [-0.2, 0) is 21.5 Å². The van der Waals surface area contributed by atoms with Gasteiger partial charge in [-0.1, -0.05) is 24.3 Å². The van der Waals surface area contributed by atoms with E-state index in [9.17, 15) is 14.4 Å². The van der Waals surface area contributed by atoms with Gasteiger partial charge < -0.3 is 10.2 Å². The third-order valence-corrected chi connectivity index (χ3v) is 6.26. The van der Waals surface area contributed by atoms with Gasteiger partial charge in [-0.25, -0.2) is 9.69 Å². The van der Waals surface area contributed by atoms with Gasteiger partial charge in [0, 0.05) is 13.1 Å². The Morgan fingerprint density at radius 3 is 2.59 bits per heavy atom. The fourth-order valence-corrected chi connectivity index (χ4v) is 4.78. The van der Waals surface area contributed by atoms with E-state index in [0.29, 0.717) is 19.5 Å². The first-order chi connectivity index (χ1) is 13.0. The number of imide groups is 1. The van der Waals surface area contributed by atoms with E-state index in [0.717, 1.165) is 49.7 Å². The van der Waals surface area contributed by atoms with Gasteiger partial charge in [-0.3, -0.25) is 9.59 Å². The highest BCUT2D eigenvalue weighted by Gasteiger charge is 2.55. The standard InChI is InChI=1S/C21H27N3O3/c1-15(18(25)23-13-7-2-8-14-23)24-19(26)21(22-20(24)27)12-6-5-10-16-9-3-4-11-17(16)21/h3-4,9,11,15H,2,5-8,10,12-14H2,1H3,(H,22,27). The minimum Gasteiger partial charge on any atom is -0.341 e. The monoisotopic (exact) mass is 369 g/mol. The van der Waals surface area contributed by atoms with Crippen molar-refractivity contribution in [2.45, 2.75) is 63.5 Å². The molecule has 27 heavy (non-hydrogen) atoms. The fourth-order valence-electron chi connectivity index (χ4n) is 4.78. The van der Waals surface area contributed by atoms with Crippen LogP contribution in [0.4, 0.5) is 4.79 Å². The predicted octanol–water partition coefficient (Wildman–Crippen LogP) is 2.56. The van der Waals surface area contributed by atoms with Crippen LogP contribution in [0.25, 0.3) is 0 Å². The molecule has 0 radical (unpaired) electrons. The molecule has 2 saturated heterocycles. The van der Waals surface area contributed by atoms with Gasteiger partial charge in [0.1, 0.15) is 11.6 Å². The molecule has 1 N–H and O–H groups in total. The summed E-state index contributed by atoms with van der Waals surface area (Å²) >= 11 is 0. The third-order valence-electron chi connectivity index (χ3n) is 6.26. The topological polar surface area (TPSA) is 69.7 Å². The summed E-state index contributed by atoms with van der Waals surface area (Å²) in [5.41, 5.74) is 0.974. The number of likely N-dealkylation sites (tertiary alicyclic amines) is 1. The summed E-state index contributed by atoms with van der Waals surface area (Å²) in [6, 6.07) is 6.64. The van der Waals surface area contributed by atoms with Crippen molar-refractivity contribution in [2.24, 2.45) is 0 Å². The normalized spacial score (nSPS) is 26.6. The first-order valence-corrected chi connectivity index (χ1v) is 10.1. The number of carbonyl (C=O) groups excluding carboxylic acids is 3. The summed E-state index contributed by atoms with van der Waals surface area (Å²) in [7, 11) is 0. The average molecular weight is 369 g/mol. The first kappa shape index (κ1) is 18.0. The first-order valence-electron chi connectivity index (χ1n) is 10.1. The Bertz CT molecular complexity index is 772. The predicted molar refractivity (Wildman–Crippen MR) is 101 cm³/mol. The second-order valence-corrected chi connectivity index (χ2v) is 7.94. The van der Waals surface area contributed by atoms with Crippen LogP contribution in [0.15, 0.2) is 24.3 Å². The Morgan fingerprint density at radius 1 is 1.07 bits per heavy atom. The zero-order chi connectivity index (χ0) is 19.0. The van der Waals surface area contributed by atoms with E-state index in [1.165, 1.54) is 4.90 Å². The molecule has 4 amide bonds. The molecule has 0 saturated carbocycles. The molecular weight excluding hydrogens is 342 g/mol. The van der Waals surface area contributed by atoms with Crippen molar-refractivity contribution in [3.63, 3.8) is 0 Å². The summed E-state index contributed by atoms with van der Waals surface area (Å²) in [4.78, 5) is 42.2. The Balaban J connectivity index is 1.65. The maximum atomic E-state index is 13.5. The number of fused-ring (bicyclic) bond motifs is 2. The van der Waals surface area contributed by atoms with Gasteiger partial charge in [0.05, 0.1) is 0 Å². The molecule has 3 aliphatic rings. The lowest BCUT2D eigenvalue weighted by atomic mass is 9.84. The van der Waals surface area contributed by atoms with Crippen molar-refractivity contribution >= 4 is 17.8 Å². The second-order valence-electron chi connectivity index (χ2n) is 7.94. The van der Waals surface area contributed by atoms with E-state index < -0.39 is 17.6 Å². The molecule has 2 aliphatic heterocycles. The number of nitrogens with one attached hydrogen (secondary N) is 1. The number of nitrogens with zero attached hydrogens (tertiary/aromatic N) is 2. The van der Waals surface area contributed by atoms with E-state index in [1.54, 1.807) is 11.8 Å². The molecule has 1 spiro atoms. The number of urea groups is 1. The molecule has 6 heteroatoms. The molecule has 6 nitrogen and oxygen atoms in total. The lowest BCUT2D eigenvalue weighted by Gasteiger charge is -2.32. The summed E-state index contributed by atoms with van der Waals surface area (Å²) in [5.74, 6) is -0.406. The van der Waals surface area contributed by atoms with E-state index in [-0.39, 0.29) is 11.8 Å². The minimum absolute atomic E-state index is 0.128. The number of hydrogen-bond acceptors (Lipinski definition) is 3. The van der Waals surface area contributed by atoms with Gasteiger partial charge in [0.15, 0.2) is 0 Å². The number of carbonyl (C=O) groups is 3. The van der Waals surface area contributed by atoms with Gasteiger partial charge in [-0.2, -0.15) is 0 Å². The fraction of sp³-hybridized carbons (Fsp3) is 0.571. The zero-order valence-electron chi connectivity index (χ0n) is 15.9. The summed E-state index contributed by atoms with van der Waals surface area (Å²) in [5, 5.41) is 2.97. The molecule has 1 aromatic carbocycles. The van der Waals surface area contributed by atoms with Crippen LogP contribution in [0, 0.1) is 0 Å². The van der Waals surface area contributed by atoms with Crippen molar-refractivity contribution in [1.82, 2.24) is 15.1 Å². The third kappa shape index (κ3) is 2.91. The van der Waals surface area contributed by atoms with Crippen LogP contribution >= 0.6 is 0 Å². The van der Waals surface area contributed by atoms with E-state index >= 15 is 0 Å². The van der Waals surface area contributed by atoms with Crippen molar-refractivity contribution < 1.29 is 14.4 Å². The number of amides is 4. The van der Waals surface area contributed by atoms with Crippen molar-refractivity contribution in [1.29, 1.82) is 0 Å². The smallest absolute Gasteiger partial charge is 0.326 e. The van der Waals surface area contributed by atoms with Gasteiger partial charge in [0.2, 0.25) is 5.91 Å².